The average molecular weight is 300 g/mol. The summed E-state index contributed by atoms with van der Waals surface area (Å²) in [5.74, 6) is -0.311. The lowest BCUT2D eigenvalue weighted by Crippen LogP contribution is -2.24. The lowest BCUT2D eigenvalue weighted by Gasteiger charge is -2.19. The number of rotatable bonds is 4. The van der Waals surface area contributed by atoms with Gasteiger partial charge >= 0.3 is 5.97 Å². The number of nitrogens with zero attached hydrogens (tertiary/aromatic N) is 3. The van der Waals surface area contributed by atoms with Gasteiger partial charge in [0.25, 0.3) is 0 Å². The van der Waals surface area contributed by atoms with Crippen molar-refractivity contribution in [3.8, 4) is 0 Å². The summed E-state index contributed by atoms with van der Waals surface area (Å²) in [6.45, 7) is 5.15. The van der Waals surface area contributed by atoms with E-state index in [4.69, 9.17) is 16.3 Å². The fourth-order valence-electron chi connectivity index (χ4n) is 1.66. The van der Waals surface area contributed by atoms with Crippen LogP contribution in [-0.4, -0.2) is 35.3 Å². The van der Waals surface area contributed by atoms with Crippen molar-refractivity contribution in [1.29, 1.82) is 0 Å². The van der Waals surface area contributed by atoms with Crippen molar-refractivity contribution in [3.05, 3.63) is 26.8 Å². The molecule has 0 saturated heterocycles. The molecule has 0 atom stereocenters. The average Bonchev–Trinajstić information content (AvgIpc) is 2.70. The van der Waals surface area contributed by atoms with E-state index >= 15 is 0 Å². The number of thiazole rings is 1. The fourth-order valence-corrected chi connectivity index (χ4v) is 2.85. The highest BCUT2D eigenvalue weighted by Gasteiger charge is 2.18. The molecule has 102 valence electrons. The van der Waals surface area contributed by atoms with E-state index in [1.807, 2.05) is 11.8 Å². The molecule has 7 heteroatoms. The predicted molar refractivity (Wildman–Crippen MR) is 75.6 cm³/mol. The normalized spacial score (nSPS) is 14.5. The minimum atomic E-state index is -0.311. The van der Waals surface area contributed by atoms with Crippen LogP contribution in [-0.2, 0) is 11.3 Å². The molecule has 1 aromatic rings. The molecule has 0 saturated carbocycles. The Kier molecular flexibility index (Phi) is 4.55. The fraction of sp³-hybridized carbons (Fsp3) is 0.417. The number of aliphatic imine (C=N–C) groups is 1. The molecule has 0 spiro atoms. The highest BCUT2D eigenvalue weighted by molar-refractivity contribution is 7.13. The predicted octanol–water partition coefficient (Wildman–Crippen LogP) is 2.55. The summed E-state index contributed by atoms with van der Waals surface area (Å²) in [6, 6.07) is 0. The summed E-state index contributed by atoms with van der Waals surface area (Å²) in [4.78, 5) is 22.6. The molecule has 0 radical (unpaired) electrons. The van der Waals surface area contributed by atoms with Gasteiger partial charge in [0.15, 0.2) is 0 Å². The van der Waals surface area contributed by atoms with E-state index < -0.39 is 0 Å². The Morgan fingerprint density at radius 2 is 2.42 bits per heavy atom. The molecular formula is C12H14ClN3O2S. The van der Waals surface area contributed by atoms with Gasteiger partial charge in [-0.05, 0) is 13.8 Å². The van der Waals surface area contributed by atoms with E-state index in [-0.39, 0.29) is 5.97 Å². The van der Waals surface area contributed by atoms with Gasteiger partial charge in [-0.25, -0.2) is 14.8 Å². The third-order valence-electron chi connectivity index (χ3n) is 2.44. The van der Waals surface area contributed by atoms with E-state index in [0.29, 0.717) is 35.3 Å². The first-order chi connectivity index (χ1) is 9.10. The maximum absolute atomic E-state index is 11.7. The Hall–Kier alpha value is -1.40. The van der Waals surface area contributed by atoms with E-state index in [9.17, 15) is 4.79 Å². The van der Waals surface area contributed by atoms with Crippen LogP contribution >= 0.6 is 22.9 Å². The van der Waals surface area contributed by atoms with Crippen molar-refractivity contribution in [2.24, 2.45) is 4.99 Å². The topological polar surface area (TPSA) is 54.8 Å². The van der Waals surface area contributed by atoms with Gasteiger partial charge in [-0.1, -0.05) is 11.6 Å². The number of hydrogen-bond donors (Lipinski definition) is 0. The molecule has 19 heavy (non-hydrogen) atoms. The van der Waals surface area contributed by atoms with Gasteiger partial charge in [-0.3, -0.25) is 0 Å². The minimum Gasteiger partial charge on any atom is -0.462 e. The van der Waals surface area contributed by atoms with Gasteiger partial charge in [-0.2, -0.15) is 0 Å². The van der Waals surface area contributed by atoms with Crippen LogP contribution in [0.15, 0.2) is 16.2 Å². The number of aromatic nitrogens is 1. The molecule has 2 heterocycles. The van der Waals surface area contributed by atoms with Gasteiger partial charge in [0, 0.05) is 6.20 Å². The second-order valence-corrected chi connectivity index (χ2v) is 5.56. The highest BCUT2D eigenvalue weighted by atomic mass is 35.5. The monoisotopic (exact) mass is 299 g/mol. The van der Waals surface area contributed by atoms with E-state index in [1.54, 1.807) is 19.5 Å². The third-order valence-corrected chi connectivity index (χ3v) is 3.78. The summed E-state index contributed by atoms with van der Waals surface area (Å²) < 4.78 is 4.99. The lowest BCUT2D eigenvalue weighted by atomic mass is 10.4. The zero-order valence-corrected chi connectivity index (χ0v) is 12.3. The number of esters is 1. The molecule has 0 fully saturated rings. The molecule has 0 bridgehead atoms. The van der Waals surface area contributed by atoms with Crippen LogP contribution in [0.2, 0.25) is 0 Å². The number of carbonyl (C=O) groups is 1. The maximum atomic E-state index is 11.7. The first-order valence-corrected chi connectivity index (χ1v) is 7.05. The SMILES string of the molecule is CCOC(=O)c1sc(CN2C=NC=C(Cl)C2)nc1C. The van der Waals surface area contributed by atoms with Crippen LogP contribution in [0, 0.1) is 6.92 Å². The summed E-state index contributed by atoms with van der Waals surface area (Å²) in [6.07, 6.45) is 3.34. The Bertz CT molecular complexity index is 539. The van der Waals surface area contributed by atoms with Gasteiger partial charge in [0.2, 0.25) is 0 Å². The van der Waals surface area contributed by atoms with Gasteiger partial charge in [0.1, 0.15) is 9.88 Å². The lowest BCUT2D eigenvalue weighted by molar-refractivity contribution is 0.0531. The molecular weight excluding hydrogens is 286 g/mol. The number of halogens is 1. The van der Waals surface area contributed by atoms with Crippen molar-refractivity contribution in [2.75, 3.05) is 13.2 Å². The van der Waals surface area contributed by atoms with E-state index in [0.717, 1.165) is 5.01 Å². The molecule has 2 rings (SSSR count). The van der Waals surface area contributed by atoms with Crippen LogP contribution in [0.5, 0.6) is 0 Å². The standard InChI is InChI=1S/C12H14ClN3O2S/c1-3-18-12(17)11-8(2)15-10(19-11)6-16-5-9(13)4-14-7-16/h4,7H,3,5-6H2,1-2H3. The van der Waals surface area contributed by atoms with Gasteiger partial charge < -0.3 is 9.64 Å². The summed E-state index contributed by atoms with van der Waals surface area (Å²) in [5.41, 5.74) is 0.703. The van der Waals surface area contributed by atoms with E-state index in [1.165, 1.54) is 11.3 Å². The van der Waals surface area contributed by atoms with Crippen LogP contribution in [0.4, 0.5) is 0 Å². The Morgan fingerprint density at radius 1 is 1.63 bits per heavy atom. The smallest absolute Gasteiger partial charge is 0.350 e. The zero-order valence-electron chi connectivity index (χ0n) is 10.7. The zero-order chi connectivity index (χ0) is 13.8. The van der Waals surface area contributed by atoms with Crippen molar-refractivity contribution in [3.63, 3.8) is 0 Å². The molecule has 1 aromatic heterocycles. The molecule has 0 unspecified atom stereocenters. The molecule has 0 aromatic carbocycles. The molecule has 0 amide bonds. The quantitative estimate of drug-likeness (QED) is 0.802. The van der Waals surface area contributed by atoms with E-state index in [2.05, 4.69) is 9.98 Å². The first-order valence-electron chi connectivity index (χ1n) is 5.85. The Labute approximate surface area is 120 Å². The van der Waals surface area contributed by atoms with Crippen LogP contribution < -0.4 is 0 Å². The number of aryl methyl sites for hydroxylation is 1. The van der Waals surface area contributed by atoms with Crippen molar-refractivity contribution >= 4 is 35.2 Å². The largest absolute Gasteiger partial charge is 0.462 e. The number of ether oxygens (including phenoxy) is 1. The Morgan fingerprint density at radius 3 is 3.11 bits per heavy atom. The van der Waals surface area contributed by atoms with Crippen LogP contribution in [0.25, 0.3) is 0 Å². The summed E-state index contributed by atoms with van der Waals surface area (Å²) >= 11 is 7.27. The summed E-state index contributed by atoms with van der Waals surface area (Å²) in [7, 11) is 0. The molecule has 0 N–H and O–H groups in total. The third kappa shape index (κ3) is 3.54. The maximum Gasteiger partial charge on any atom is 0.350 e. The van der Waals surface area contributed by atoms with Crippen molar-refractivity contribution in [1.82, 2.24) is 9.88 Å². The number of hydrogen-bond acceptors (Lipinski definition) is 6. The van der Waals surface area contributed by atoms with Crippen LogP contribution in [0.1, 0.15) is 27.3 Å². The number of carbonyl (C=O) groups excluding carboxylic acids is 1. The van der Waals surface area contributed by atoms with Crippen molar-refractivity contribution < 1.29 is 9.53 Å². The molecule has 1 aliphatic rings. The van der Waals surface area contributed by atoms with Crippen molar-refractivity contribution in [2.45, 2.75) is 20.4 Å². The molecule has 0 aliphatic carbocycles. The second-order valence-electron chi connectivity index (χ2n) is 3.99. The second kappa shape index (κ2) is 6.16. The van der Waals surface area contributed by atoms with Crippen LogP contribution in [0.3, 0.4) is 0 Å². The minimum absolute atomic E-state index is 0.311. The molecule has 1 aliphatic heterocycles. The first kappa shape index (κ1) is 14.0. The van der Waals surface area contributed by atoms with Gasteiger partial charge in [0.05, 0.1) is 36.8 Å². The van der Waals surface area contributed by atoms with Gasteiger partial charge in [-0.15, -0.1) is 11.3 Å². The highest BCUT2D eigenvalue weighted by Crippen LogP contribution is 2.21. The Balaban J connectivity index is 2.06. The molecule has 5 nitrogen and oxygen atoms in total. The summed E-state index contributed by atoms with van der Waals surface area (Å²) in [5, 5.41) is 1.53.